The van der Waals surface area contributed by atoms with E-state index in [2.05, 4.69) is 6.92 Å². The zero-order chi connectivity index (χ0) is 19.3. The molecule has 0 unspecified atom stereocenters. The highest BCUT2D eigenvalue weighted by atomic mass is 16.2. The fraction of sp³-hybridized carbons (Fsp3) is 0.667. The third-order valence-corrected chi connectivity index (χ3v) is 5.61. The van der Waals surface area contributed by atoms with E-state index >= 15 is 0 Å². The molecule has 0 aliphatic carbocycles. The van der Waals surface area contributed by atoms with Crippen LogP contribution >= 0.6 is 0 Å². The Morgan fingerprint density at radius 2 is 0.963 bits per heavy atom. The van der Waals surface area contributed by atoms with E-state index in [4.69, 9.17) is 0 Å². The summed E-state index contributed by atoms with van der Waals surface area (Å²) in [6.45, 7) is 2.83. The summed E-state index contributed by atoms with van der Waals surface area (Å²) < 4.78 is 0. The third-order valence-electron chi connectivity index (χ3n) is 5.61. The molecule has 0 spiro atoms. The van der Waals surface area contributed by atoms with E-state index in [-0.39, 0.29) is 11.8 Å². The van der Waals surface area contributed by atoms with E-state index in [9.17, 15) is 9.59 Å². The molecule has 1 aliphatic heterocycles. The predicted octanol–water partition coefficient (Wildman–Crippen LogP) is 6.76. The SMILES string of the molecule is CCCCCCCCCCCCCCCCN1C(=O)c2ccccc2C1=O. The zero-order valence-corrected chi connectivity index (χ0v) is 17.2. The number of nitrogens with zero attached hydrogens (tertiary/aromatic N) is 1. The van der Waals surface area contributed by atoms with Crippen molar-refractivity contribution in [3.8, 4) is 0 Å². The normalized spacial score (nSPS) is 13.4. The van der Waals surface area contributed by atoms with Crippen molar-refractivity contribution in [2.45, 2.75) is 96.8 Å². The van der Waals surface area contributed by atoms with E-state index in [0.717, 1.165) is 12.8 Å². The number of rotatable bonds is 15. The molecule has 3 nitrogen and oxygen atoms in total. The first-order valence-corrected chi connectivity index (χ1v) is 11.2. The second-order valence-corrected chi connectivity index (χ2v) is 7.90. The Labute approximate surface area is 165 Å². The van der Waals surface area contributed by atoms with Crippen LogP contribution < -0.4 is 0 Å². The Hall–Kier alpha value is -1.64. The zero-order valence-electron chi connectivity index (χ0n) is 17.2. The number of fused-ring (bicyclic) bond motifs is 1. The van der Waals surface area contributed by atoms with Gasteiger partial charge in [0.15, 0.2) is 0 Å². The topological polar surface area (TPSA) is 37.4 Å². The number of hydrogen-bond donors (Lipinski definition) is 0. The summed E-state index contributed by atoms with van der Waals surface area (Å²) >= 11 is 0. The number of unbranched alkanes of at least 4 members (excludes halogenated alkanes) is 13. The van der Waals surface area contributed by atoms with Crippen molar-refractivity contribution in [3.63, 3.8) is 0 Å². The lowest BCUT2D eigenvalue weighted by molar-refractivity contribution is 0.0651. The fourth-order valence-corrected chi connectivity index (χ4v) is 3.91. The molecule has 0 radical (unpaired) electrons. The molecular formula is C24H37NO2. The van der Waals surface area contributed by atoms with Gasteiger partial charge in [-0.1, -0.05) is 103 Å². The molecule has 0 bridgehead atoms. The highest BCUT2D eigenvalue weighted by Gasteiger charge is 2.34. The summed E-state index contributed by atoms with van der Waals surface area (Å²) in [6.07, 6.45) is 18.3. The molecule has 1 aromatic carbocycles. The molecule has 2 amide bonds. The van der Waals surface area contributed by atoms with Gasteiger partial charge in [-0.25, -0.2) is 0 Å². The average Bonchev–Trinajstić information content (AvgIpc) is 2.93. The molecule has 1 heterocycles. The Morgan fingerprint density at radius 1 is 0.593 bits per heavy atom. The number of benzene rings is 1. The van der Waals surface area contributed by atoms with Crippen LogP contribution in [0.5, 0.6) is 0 Å². The van der Waals surface area contributed by atoms with Crippen LogP contribution in [0.3, 0.4) is 0 Å². The molecule has 0 saturated heterocycles. The lowest BCUT2D eigenvalue weighted by Crippen LogP contribution is -2.30. The van der Waals surface area contributed by atoms with Crippen LogP contribution in [0.4, 0.5) is 0 Å². The van der Waals surface area contributed by atoms with Crippen LogP contribution in [0.15, 0.2) is 24.3 Å². The molecule has 2 rings (SSSR count). The molecule has 0 fully saturated rings. The monoisotopic (exact) mass is 371 g/mol. The van der Waals surface area contributed by atoms with Crippen molar-refractivity contribution in [2.24, 2.45) is 0 Å². The van der Waals surface area contributed by atoms with Crippen LogP contribution in [0, 0.1) is 0 Å². The predicted molar refractivity (Wildman–Crippen MR) is 112 cm³/mol. The maximum atomic E-state index is 12.3. The minimum Gasteiger partial charge on any atom is -0.274 e. The van der Waals surface area contributed by atoms with Crippen molar-refractivity contribution < 1.29 is 9.59 Å². The summed E-state index contributed by atoms with van der Waals surface area (Å²) in [4.78, 5) is 26.0. The van der Waals surface area contributed by atoms with Gasteiger partial charge in [-0.3, -0.25) is 14.5 Å². The summed E-state index contributed by atoms with van der Waals surface area (Å²) in [5.74, 6) is -0.240. The first-order valence-electron chi connectivity index (χ1n) is 11.2. The van der Waals surface area contributed by atoms with Crippen molar-refractivity contribution in [3.05, 3.63) is 35.4 Å². The summed E-state index contributed by atoms with van der Waals surface area (Å²) in [6, 6.07) is 7.14. The molecule has 0 saturated carbocycles. The Balaban J connectivity index is 1.43. The summed E-state index contributed by atoms with van der Waals surface area (Å²) in [7, 11) is 0. The molecule has 0 atom stereocenters. The van der Waals surface area contributed by atoms with Gasteiger partial charge in [0.1, 0.15) is 0 Å². The van der Waals surface area contributed by atoms with Crippen molar-refractivity contribution in [1.29, 1.82) is 0 Å². The highest BCUT2D eigenvalue weighted by Crippen LogP contribution is 2.23. The van der Waals surface area contributed by atoms with Crippen LogP contribution in [0.25, 0.3) is 0 Å². The molecule has 1 aliphatic rings. The minimum absolute atomic E-state index is 0.120. The maximum absolute atomic E-state index is 12.3. The standard InChI is InChI=1S/C24H37NO2/c1-2-3-4-5-6-7-8-9-10-11-12-13-14-17-20-25-23(26)21-18-15-16-19-22(21)24(25)27/h15-16,18-19H,2-14,17,20H2,1H3. The first kappa shape index (κ1) is 21.7. The molecule has 150 valence electrons. The highest BCUT2D eigenvalue weighted by molar-refractivity contribution is 6.21. The first-order chi connectivity index (χ1) is 13.3. The van der Waals surface area contributed by atoms with Gasteiger partial charge in [0.25, 0.3) is 11.8 Å². The molecule has 1 aromatic rings. The number of imide groups is 1. The van der Waals surface area contributed by atoms with Crippen LogP contribution in [-0.4, -0.2) is 23.3 Å². The van der Waals surface area contributed by atoms with Gasteiger partial charge in [-0.05, 0) is 18.6 Å². The average molecular weight is 372 g/mol. The van der Waals surface area contributed by atoms with Crippen molar-refractivity contribution >= 4 is 11.8 Å². The van der Waals surface area contributed by atoms with Crippen molar-refractivity contribution in [1.82, 2.24) is 4.90 Å². The largest absolute Gasteiger partial charge is 0.274 e. The molecule has 0 aromatic heterocycles. The summed E-state index contributed by atoms with van der Waals surface area (Å²) in [5, 5.41) is 0. The molecule has 0 N–H and O–H groups in total. The van der Waals surface area contributed by atoms with Crippen LogP contribution in [0.1, 0.15) is 118 Å². The lowest BCUT2D eigenvalue weighted by atomic mass is 10.0. The van der Waals surface area contributed by atoms with Gasteiger partial charge < -0.3 is 0 Å². The Bertz CT molecular complexity index is 546. The third kappa shape index (κ3) is 7.12. The Morgan fingerprint density at radius 3 is 1.37 bits per heavy atom. The number of amides is 2. The quantitative estimate of drug-likeness (QED) is 0.252. The molecular weight excluding hydrogens is 334 g/mol. The van der Waals surface area contributed by atoms with Gasteiger partial charge in [0.05, 0.1) is 11.1 Å². The Kier molecular flexibility index (Phi) is 10.2. The van der Waals surface area contributed by atoms with E-state index < -0.39 is 0 Å². The molecule has 3 heteroatoms. The van der Waals surface area contributed by atoms with E-state index in [1.165, 1.54) is 81.9 Å². The lowest BCUT2D eigenvalue weighted by Gasteiger charge is -2.13. The van der Waals surface area contributed by atoms with Gasteiger partial charge in [0.2, 0.25) is 0 Å². The summed E-state index contributed by atoms with van der Waals surface area (Å²) in [5.41, 5.74) is 1.13. The smallest absolute Gasteiger partial charge is 0.261 e. The number of carbonyl (C=O) groups is 2. The van der Waals surface area contributed by atoms with Gasteiger partial charge >= 0.3 is 0 Å². The minimum atomic E-state index is -0.120. The number of hydrogen-bond acceptors (Lipinski definition) is 2. The maximum Gasteiger partial charge on any atom is 0.261 e. The van der Waals surface area contributed by atoms with Crippen LogP contribution in [-0.2, 0) is 0 Å². The van der Waals surface area contributed by atoms with E-state index in [0.29, 0.717) is 17.7 Å². The van der Waals surface area contributed by atoms with Gasteiger partial charge in [0, 0.05) is 6.54 Å². The fourth-order valence-electron chi connectivity index (χ4n) is 3.91. The van der Waals surface area contributed by atoms with Gasteiger partial charge in [-0.2, -0.15) is 0 Å². The van der Waals surface area contributed by atoms with E-state index in [1.54, 1.807) is 12.1 Å². The second kappa shape index (κ2) is 12.7. The molecule has 27 heavy (non-hydrogen) atoms. The van der Waals surface area contributed by atoms with Crippen molar-refractivity contribution in [2.75, 3.05) is 6.54 Å². The van der Waals surface area contributed by atoms with Gasteiger partial charge in [-0.15, -0.1) is 0 Å². The second-order valence-electron chi connectivity index (χ2n) is 7.90. The van der Waals surface area contributed by atoms with Crippen LogP contribution in [0.2, 0.25) is 0 Å². The number of carbonyl (C=O) groups excluding carboxylic acids is 2. The van der Waals surface area contributed by atoms with E-state index in [1.807, 2.05) is 12.1 Å².